The standard InChI is InChI=1S/C12H19BrN2O/c1-3-15-11(10(13)7-14-15)12(16)9-5-4-8(2)6-9/h7-9,12,16H,3-6H2,1-2H3. The number of aliphatic hydroxyl groups is 1. The van der Waals surface area contributed by atoms with Crippen molar-refractivity contribution in [3.8, 4) is 0 Å². The summed E-state index contributed by atoms with van der Waals surface area (Å²) in [4.78, 5) is 0. The molecule has 16 heavy (non-hydrogen) atoms. The lowest BCUT2D eigenvalue weighted by Crippen LogP contribution is -2.15. The van der Waals surface area contributed by atoms with E-state index in [9.17, 15) is 5.11 Å². The highest BCUT2D eigenvalue weighted by Crippen LogP contribution is 2.40. The largest absolute Gasteiger partial charge is 0.386 e. The Labute approximate surface area is 105 Å². The van der Waals surface area contributed by atoms with Gasteiger partial charge in [-0.15, -0.1) is 0 Å². The Bertz CT molecular complexity index is 364. The molecule has 0 amide bonds. The van der Waals surface area contributed by atoms with Gasteiger partial charge in [0.25, 0.3) is 0 Å². The van der Waals surface area contributed by atoms with E-state index in [-0.39, 0.29) is 6.10 Å². The van der Waals surface area contributed by atoms with Crippen molar-refractivity contribution in [2.45, 2.75) is 45.8 Å². The number of rotatable bonds is 3. The van der Waals surface area contributed by atoms with Crippen LogP contribution in [0.5, 0.6) is 0 Å². The topological polar surface area (TPSA) is 38.0 Å². The number of aromatic nitrogens is 2. The summed E-state index contributed by atoms with van der Waals surface area (Å²) in [5.74, 6) is 1.14. The van der Waals surface area contributed by atoms with Crippen LogP contribution >= 0.6 is 15.9 Å². The molecule has 1 heterocycles. The van der Waals surface area contributed by atoms with Gasteiger partial charge in [-0.3, -0.25) is 4.68 Å². The summed E-state index contributed by atoms with van der Waals surface area (Å²) < 4.78 is 2.82. The maximum Gasteiger partial charge on any atom is 0.0996 e. The van der Waals surface area contributed by atoms with Crippen LogP contribution < -0.4 is 0 Å². The molecule has 2 rings (SSSR count). The van der Waals surface area contributed by atoms with Crippen molar-refractivity contribution < 1.29 is 5.11 Å². The van der Waals surface area contributed by atoms with Crippen molar-refractivity contribution in [1.82, 2.24) is 9.78 Å². The monoisotopic (exact) mass is 286 g/mol. The molecule has 3 unspecified atom stereocenters. The van der Waals surface area contributed by atoms with Crippen molar-refractivity contribution in [3.05, 3.63) is 16.4 Å². The van der Waals surface area contributed by atoms with Crippen LogP contribution in [0.15, 0.2) is 10.7 Å². The van der Waals surface area contributed by atoms with E-state index in [1.807, 2.05) is 11.6 Å². The molecule has 1 aliphatic rings. The van der Waals surface area contributed by atoms with Gasteiger partial charge in [-0.05, 0) is 47.5 Å². The van der Waals surface area contributed by atoms with E-state index in [1.54, 1.807) is 6.20 Å². The number of nitrogens with zero attached hydrogens (tertiary/aromatic N) is 2. The quantitative estimate of drug-likeness (QED) is 0.927. The lowest BCUT2D eigenvalue weighted by Gasteiger charge is -2.19. The predicted octanol–water partition coefficient (Wildman–Crippen LogP) is 3.14. The van der Waals surface area contributed by atoms with Crippen LogP contribution in [0.2, 0.25) is 0 Å². The van der Waals surface area contributed by atoms with Crippen LogP contribution in [0.1, 0.15) is 44.9 Å². The SMILES string of the molecule is CCn1ncc(Br)c1C(O)C1CCC(C)C1. The number of aryl methyl sites for hydroxylation is 1. The molecule has 1 fully saturated rings. The Hall–Kier alpha value is -0.350. The first-order valence-electron chi connectivity index (χ1n) is 6.02. The Morgan fingerprint density at radius 3 is 2.94 bits per heavy atom. The molecule has 90 valence electrons. The first-order chi connectivity index (χ1) is 7.63. The van der Waals surface area contributed by atoms with E-state index >= 15 is 0 Å². The van der Waals surface area contributed by atoms with Gasteiger partial charge in [-0.2, -0.15) is 5.10 Å². The van der Waals surface area contributed by atoms with Crippen molar-refractivity contribution in [2.75, 3.05) is 0 Å². The minimum absolute atomic E-state index is 0.373. The van der Waals surface area contributed by atoms with Crippen molar-refractivity contribution >= 4 is 15.9 Å². The smallest absolute Gasteiger partial charge is 0.0996 e. The van der Waals surface area contributed by atoms with Gasteiger partial charge in [0.05, 0.1) is 22.5 Å². The summed E-state index contributed by atoms with van der Waals surface area (Å²) in [6.07, 6.45) is 4.90. The molecule has 3 nitrogen and oxygen atoms in total. The highest BCUT2D eigenvalue weighted by molar-refractivity contribution is 9.10. The predicted molar refractivity (Wildman–Crippen MR) is 67.1 cm³/mol. The lowest BCUT2D eigenvalue weighted by atomic mass is 9.97. The fraction of sp³-hybridized carbons (Fsp3) is 0.750. The molecule has 3 atom stereocenters. The minimum Gasteiger partial charge on any atom is -0.386 e. The van der Waals surface area contributed by atoms with Gasteiger partial charge in [0.15, 0.2) is 0 Å². The third kappa shape index (κ3) is 2.18. The maximum absolute atomic E-state index is 10.4. The Morgan fingerprint density at radius 1 is 1.62 bits per heavy atom. The number of hydrogen-bond donors (Lipinski definition) is 1. The molecule has 1 N–H and O–H groups in total. The average Bonchev–Trinajstić information content (AvgIpc) is 2.83. The van der Waals surface area contributed by atoms with Crippen molar-refractivity contribution in [2.24, 2.45) is 11.8 Å². The van der Waals surface area contributed by atoms with Gasteiger partial charge < -0.3 is 5.11 Å². The normalized spacial score (nSPS) is 27.2. The molecule has 0 spiro atoms. The van der Waals surface area contributed by atoms with E-state index in [1.165, 1.54) is 6.42 Å². The highest BCUT2D eigenvalue weighted by Gasteiger charge is 2.31. The zero-order chi connectivity index (χ0) is 11.7. The van der Waals surface area contributed by atoms with Crippen LogP contribution in [0.3, 0.4) is 0 Å². The van der Waals surface area contributed by atoms with Crippen molar-refractivity contribution in [1.29, 1.82) is 0 Å². The van der Waals surface area contributed by atoms with Gasteiger partial charge in [0.2, 0.25) is 0 Å². The Kier molecular flexibility index (Phi) is 3.70. The summed E-state index contributed by atoms with van der Waals surface area (Å²) in [5.41, 5.74) is 0.946. The van der Waals surface area contributed by atoms with Crippen LogP contribution in [-0.4, -0.2) is 14.9 Å². The van der Waals surface area contributed by atoms with Gasteiger partial charge in [0.1, 0.15) is 0 Å². The van der Waals surface area contributed by atoms with Crippen LogP contribution in [-0.2, 0) is 6.54 Å². The molecular formula is C12H19BrN2O. The van der Waals surface area contributed by atoms with Gasteiger partial charge in [-0.1, -0.05) is 13.3 Å². The van der Waals surface area contributed by atoms with Crippen LogP contribution in [0.4, 0.5) is 0 Å². The van der Waals surface area contributed by atoms with E-state index in [0.717, 1.165) is 35.5 Å². The third-order valence-electron chi connectivity index (χ3n) is 3.59. The van der Waals surface area contributed by atoms with E-state index < -0.39 is 0 Å². The lowest BCUT2D eigenvalue weighted by molar-refractivity contribution is 0.0996. The molecule has 0 aliphatic heterocycles. The second-order valence-corrected chi connectivity index (χ2v) is 5.67. The first-order valence-corrected chi connectivity index (χ1v) is 6.82. The minimum atomic E-state index is -0.373. The zero-order valence-corrected chi connectivity index (χ0v) is 11.4. The molecule has 0 aromatic carbocycles. The van der Waals surface area contributed by atoms with Crippen molar-refractivity contribution in [3.63, 3.8) is 0 Å². The van der Waals surface area contributed by atoms with E-state index in [4.69, 9.17) is 0 Å². The average molecular weight is 287 g/mol. The Balaban J connectivity index is 2.19. The number of hydrogen-bond acceptors (Lipinski definition) is 2. The number of halogens is 1. The summed E-state index contributed by atoms with van der Waals surface area (Å²) in [6, 6.07) is 0. The second kappa shape index (κ2) is 4.88. The molecule has 1 aliphatic carbocycles. The van der Waals surface area contributed by atoms with Gasteiger partial charge in [-0.25, -0.2) is 0 Å². The molecule has 4 heteroatoms. The van der Waals surface area contributed by atoms with Crippen LogP contribution in [0, 0.1) is 11.8 Å². The zero-order valence-electron chi connectivity index (χ0n) is 9.86. The van der Waals surface area contributed by atoms with Crippen LogP contribution in [0.25, 0.3) is 0 Å². The Morgan fingerprint density at radius 2 is 2.38 bits per heavy atom. The van der Waals surface area contributed by atoms with Gasteiger partial charge >= 0.3 is 0 Å². The molecule has 1 aromatic rings. The molecule has 1 saturated carbocycles. The molecule has 1 aromatic heterocycles. The summed E-state index contributed by atoms with van der Waals surface area (Å²) in [7, 11) is 0. The first kappa shape index (κ1) is 12.1. The second-order valence-electron chi connectivity index (χ2n) is 4.82. The number of aliphatic hydroxyl groups excluding tert-OH is 1. The van der Waals surface area contributed by atoms with E-state index in [0.29, 0.717) is 5.92 Å². The maximum atomic E-state index is 10.4. The third-order valence-corrected chi connectivity index (χ3v) is 4.21. The molecule has 0 radical (unpaired) electrons. The summed E-state index contributed by atoms with van der Waals surface area (Å²) >= 11 is 3.48. The fourth-order valence-electron chi connectivity index (χ4n) is 2.68. The summed E-state index contributed by atoms with van der Waals surface area (Å²) in [6.45, 7) is 5.12. The van der Waals surface area contributed by atoms with Gasteiger partial charge in [0, 0.05) is 6.54 Å². The molecule has 0 bridgehead atoms. The molecular weight excluding hydrogens is 268 g/mol. The summed E-state index contributed by atoms with van der Waals surface area (Å²) in [5, 5.41) is 14.7. The highest BCUT2D eigenvalue weighted by atomic mass is 79.9. The van der Waals surface area contributed by atoms with E-state index in [2.05, 4.69) is 28.0 Å². The molecule has 0 saturated heterocycles. The fourth-order valence-corrected chi connectivity index (χ4v) is 3.21.